The molecule has 0 unspecified atom stereocenters. The third-order valence-corrected chi connectivity index (χ3v) is 8.30. The number of halogens is 3. The molecule has 196 valence electrons. The average molecular weight is 622 g/mol. The number of nitrogens with one attached hydrogen (secondary N) is 1. The van der Waals surface area contributed by atoms with Crippen molar-refractivity contribution in [2.45, 2.75) is 51.1 Å². The van der Waals surface area contributed by atoms with Gasteiger partial charge >= 0.3 is 0 Å². The number of hydrogen-bond acceptors (Lipinski definition) is 3. The Balaban J connectivity index is 1.90. The molecule has 0 heterocycles. The summed E-state index contributed by atoms with van der Waals surface area (Å²) in [5.74, 6) is 0.577. The minimum atomic E-state index is -0.718. The van der Waals surface area contributed by atoms with E-state index >= 15 is 0 Å². The van der Waals surface area contributed by atoms with Crippen molar-refractivity contribution < 1.29 is 9.59 Å². The van der Waals surface area contributed by atoms with Crippen molar-refractivity contribution in [1.29, 1.82) is 0 Å². The molecule has 1 N–H and O–H groups in total. The van der Waals surface area contributed by atoms with Gasteiger partial charge in [-0.3, -0.25) is 9.59 Å². The number of thioether (sulfide) groups is 1. The topological polar surface area (TPSA) is 49.4 Å². The second-order valence-electron chi connectivity index (χ2n) is 8.86. The smallest absolute Gasteiger partial charge is 0.243 e. The van der Waals surface area contributed by atoms with Crippen LogP contribution in [0, 0.1) is 0 Å². The van der Waals surface area contributed by atoms with Crippen LogP contribution < -0.4 is 5.32 Å². The molecule has 8 heteroatoms. The molecule has 4 nitrogen and oxygen atoms in total. The minimum Gasteiger partial charge on any atom is -0.352 e. The third kappa shape index (κ3) is 9.06. The maximum atomic E-state index is 13.7. The van der Waals surface area contributed by atoms with Crippen LogP contribution in [0.15, 0.2) is 77.3 Å². The van der Waals surface area contributed by atoms with Gasteiger partial charge in [-0.05, 0) is 48.7 Å². The van der Waals surface area contributed by atoms with Crippen molar-refractivity contribution in [1.82, 2.24) is 10.2 Å². The Kier molecular flexibility index (Phi) is 11.8. The first-order valence-electron chi connectivity index (χ1n) is 12.2. The summed E-state index contributed by atoms with van der Waals surface area (Å²) in [6, 6.07) is 22.3. The number of nitrogens with zero attached hydrogens (tertiary/aromatic N) is 1. The van der Waals surface area contributed by atoms with Crippen LogP contribution in [0.4, 0.5) is 0 Å². The highest BCUT2D eigenvalue weighted by atomic mass is 79.9. The van der Waals surface area contributed by atoms with Gasteiger partial charge in [0.2, 0.25) is 11.8 Å². The molecule has 0 aromatic heterocycles. The maximum absolute atomic E-state index is 13.7. The summed E-state index contributed by atoms with van der Waals surface area (Å²) < 4.78 is 1.01. The number of carbonyl (C=O) groups is 2. The maximum Gasteiger partial charge on any atom is 0.243 e. The molecule has 0 saturated heterocycles. The molecule has 0 spiro atoms. The van der Waals surface area contributed by atoms with E-state index in [-0.39, 0.29) is 30.2 Å². The molecule has 0 aliphatic heterocycles. The fourth-order valence-corrected chi connectivity index (χ4v) is 5.42. The number of rotatable bonds is 12. The van der Waals surface area contributed by atoms with E-state index in [4.69, 9.17) is 23.2 Å². The van der Waals surface area contributed by atoms with Gasteiger partial charge in [0.15, 0.2) is 0 Å². The highest BCUT2D eigenvalue weighted by molar-refractivity contribution is 9.10. The van der Waals surface area contributed by atoms with Crippen LogP contribution in [0.2, 0.25) is 10.0 Å². The second-order valence-corrected chi connectivity index (χ2v) is 11.6. The van der Waals surface area contributed by atoms with E-state index in [2.05, 4.69) is 21.2 Å². The first-order valence-corrected chi connectivity index (χ1v) is 14.9. The zero-order chi connectivity index (χ0) is 26.8. The Hall–Kier alpha value is -1.99. The molecular weight excluding hydrogens is 591 g/mol. The van der Waals surface area contributed by atoms with Gasteiger partial charge in [0.1, 0.15) is 6.04 Å². The van der Waals surface area contributed by atoms with Gasteiger partial charge in [-0.25, -0.2) is 0 Å². The number of carbonyl (C=O) groups excluding carboxylic acids is 2. The van der Waals surface area contributed by atoms with Crippen molar-refractivity contribution in [2.75, 3.05) is 5.75 Å². The van der Waals surface area contributed by atoms with Gasteiger partial charge in [0.05, 0.1) is 5.75 Å². The van der Waals surface area contributed by atoms with Gasteiger partial charge in [-0.1, -0.05) is 94.6 Å². The fraction of sp³-hybridized carbons (Fsp3) is 0.310. The Morgan fingerprint density at radius 3 is 2.22 bits per heavy atom. The molecule has 0 radical (unpaired) electrons. The highest BCUT2D eigenvalue weighted by Gasteiger charge is 2.31. The van der Waals surface area contributed by atoms with Crippen LogP contribution in [0.3, 0.4) is 0 Å². The molecule has 0 fully saturated rings. The average Bonchev–Trinajstić information content (AvgIpc) is 2.89. The summed E-state index contributed by atoms with van der Waals surface area (Å²) in [5, 5.41) is 4.01. The van der Waals surface area contributed by atoms with Crippen LogP contribution in [-0.4, -0.2) is 34.6 Å². The Morgan fingerprint density at radius 2 is 1.59 bits per heavy atom. The molecule has 3 rings (SSSR count). The molecule has 0 aliphatic carbocycles. The first kappa shape index (κ1) is 29.6. The molecular formula is C29H31BrCl2N2O2S. The van der Waals surface area contributed by atoms with E-state index in [0.29, 0.717) is 27.8 Å². The van der Waals surface area contributed by atoms with Crippen LogP contribution in [0.1, 0.15) is 37.0 Å². The fourth-order valence-electron chi connectivity index (χ4n) is 3.77. The molecule has 37 heavy (non-hydrogen) atoms. The van der Waals surface area contributed by atoms with Crippen LogP contribution in [0.5, 0.6) is 0 Å². The quantitative estimate of drug-likeness (QED) is 0.227. The Labute approximate surface area is 242 Å². The summed E-state index contributed by atoms with van der Waals surface area (Å²) in [6.07, 6.45) is 1.17. The van der Waals surface area contributed by atoms with E-state index < -0.39 is 6.04 Å². The van der Waals surface area contributed by atoms with Crippen molar-refractivity contribution in [2.24, 2.45) is 0 Å². The first-order chi connectivity index (χ1) is 17.8. The standard InChI is InChI=1S/C29H31BrCl2N2O2S/c1-3-20(2)33-29(36)27(16-21-8-5-4-6-9-21)34(17-24-25(31)10-7-11-26(24)32)28(35)19-37-18-22-12-14-23(30)15-13-22/h4-15,20,27H,3,16-19H2,1-2H3,(H,33,36)/t20-,27-/m0/s1. The van der Waals surface area contributed by atoms with E-state index in [9.17, 15) is 9.59 Å². The molecule has 2 atom stereocenters. The lowest BCUT2D eigenvalue weighted by Crippen LogP contribution is -2.52. The largest absolute Gasteiger partial charge is 0.352 e. The number of hydrogen-bond donors (Lipinski definition) is 1. The zero-order valence-corrected chi connectivity index (χ0v) is 24.8. The lowest BCUT2D eigenvalue weighted by molar-refractivity contribution is -0.139. The van der Waals surface area contributed by atoms with Crippen LogP contribution in [-0.2, 0) is 28.3 Å². The Bertz CT molecular complexity index is 1160. The van der Waals surface area contributed by atoms with E-state index in [1.165, 1.54) is 11.8 Å². The van der Waals surface area contributed by atoms with Gasteiger partial charge < -0.3 is 10.2 Å². The Morgan fingerprint density at radius 1 is 0.946 bits per heavy atom. The zero-order valence-electron chi connectivity index (χ0n) is 20.9. The number of benzene rings is 3. The van der Waals surface area contributed by atoms with Crippen LogP contribution >= 0.6 is 50.9 Å². The molecule has 0 aliphatic rings. The molecule has 2 amide bonds. The van der Waals surface area contributed by atoms with Crippen molar-refractivity contribution in [3.63, 3.8) is 0 Å². The summed E-state index contributed by atoms with van der Waals surface area (Å²) in [6.45, 7) is 4.12. The monoisotopic (exact) mass is 620 g/mol. The summed E-state index contributed by atoms with van der Waals surface area (Å²) >= 11 is 18.0. The van der Waals surface area contributed by atoms with Gasteiger partial charge in [-0.15, -0.1) is 11.8 Å². The lowest BCUT2D eigenvalue weighted by atomic mass is 10.0. The number of amides is 2. The van der Waals surface area contributed by atoms with Crippen LogP contribution in [0.25, 0.3) is 0 Å². The molecule has 0 saturated carbocycles. The predicted octanol–water partition coefficient (Wildman–Crippen LogP) is 7.54. The molecule has 0 bridgehead atoms. The van der Waals surface area contributed by atoms with E-state index in [1.807, 2.05) is 68.4 Å². The van der Waals surface area contributed by atoms with E-state index in [0.717, 1.165) is 22.0 Å². The second kappa shape index (κ2) is 14.8. The molecule has 3 aromatic rings. The predicted molar refractivity (Wildman–Crippen MR) is 159 cm³/mol. The van der Waals surface area contributed by atoms with Crippen molar-refractivity contribution in [3.8, 4) is 0 Å². The van der Waals surface area contributed by atoms with Gasteiger partial charge in [-0.2, -0.15) is 0 Å². The summed E-state index contributed by atoms with van der Waals surface area (Å²) in [5.41, 5.74) is 2.72. The highest BCUT2D eigenvalue weighted by Crippen LogP contribution is 2.28. The van der Waals surface area contributed by atoms with Crippen molar-refractivity contribution >= 4 is 62.7 Å². The lowest BCUT2D eigenvalue weighted by Gasteiger charge is -2.32. The minimum absolute atomic E-state index is 0.0154. The molecule has 3 aromatic carbocycles. The summed E-state index contributed by atoms with van der Waals surface area (Å²) in [7, 11) is 0. The van der Waals surface area contributed by atoms with E-state index in [1.54, 1.807) is 23.1 Å². The third-order valence-electron chi connectivity index (χ3n) is 6.07. The summed E-state index contributed by atoms with van der Waals surface area (Å²) in [4.78, 5) is 28.9. The van der Waals surface area contributed by atoms with Gasteiger partial charge in [0, 0.05) is 44.8 Å². The van der Waals surface area contributed by atoms with Crippen molar-refractivity contribution in [3.05, 3.63) is 104 Å². The normalized spacial score (nSPS) is 12.6. The SMILES string of the molecule is CC[C@H](C)NC(=O)[C@H](Cc1ccccc1)N(Cc1c(Cl)cccc1Cl)C(=O)CSCc1ccc(Br)cc1. The van der Waals surface area contributed by atoms with Gasteiger partial charge in [0.25, 0.3) is 0 Å².